The van der Waals surface area contributed by atoms with E-state index in [0.29, 0.717) is 19.7 Å². The molecule has 0 radical (unpaired) electrons. The lowest BCUT2D eigenvalue weighted by atomic mass is 10.0. The summed E-state index contributed by atoms with van der Waals surface area (Å²) in [6.07, 6.45) is 0.795. The minimum absolute atomic E-state index is 0.00211. The Kier molecular flexibility index (Phi) is 5.16. The van der Waals surface area contributed by atoms with Crippen LogP contribution in [0.25, 0.3) is 0 Å². The van der Waals surface area contributed by atoms with Gasteiger partial charge in [0.25, 0.3) is 0 Å². The van der Waals surface area contributed by atoms with Crippen molar-refractivity contribution in [1.82, 2.24) is 5.32 Å². The standard InChI is InChI=1S/C16H20N2O2/c1-12-15(8-10-20-12)16(19)18-11-14-6-3-2-5-13(14)7-4-9-17/h2-3,5-6,12,15H,8-11,17H2,1H3,(H,18,19). The van der Waals surface area contributed by atoms with E-state index in [1.54, 1.807) is 0 Å². The van der Waals surface area contributed by atoms with Gasteiger partial charge < -0.3 is 15.8 Å². The number of hydrogen-bond acceptors (Lipinski definition) is 3. The molecule has 1 amide bonds. The molecule has 106 valence electrons. The van der Waals surface area contributed by atoms with E-state index in [4.69, 9.17) is 10.5 Å². The van der Waals surface area contributed by atoms with Gasteiger partial charge in [-0.05, 0) is 25.0 Å². The first-order chi connectivity index (χ1) is 9.72. The van der Waals surface area contributed by atoms with Gasteiger partial charge in [0.05, 0.1) is 18.6 Å². The van der Waals surface area contributed by atoms with Crippen molar-refractivity contribution in [2.75, 3.05) is 13.2 Å². The van der Waals surface area contributed by atoms with Crippen molar-refractivity contribution in [2.45, 2.75) is 26.0 Å². The molecule has 20 heavy (non-hydrogen) atoms. The summed E-state index contributed by atoms with van der Waals surface area (Å²) >= 11 is 0. The Morgan fingerprint density at radius 1 is 1.50 bits per heavy atom. The Morgan fingerprint density at radius 2 is 2.30 bits per heavy atom. The molecule has 4 heteroatoms. The maximum absolute atomic E-state index is 12.1. The van der Waals surface area contributed by atoms with Gasteiger partial charge in [-0.25, -0.2) is 0 Å². The van der Waals surface area contributed by atoms with Crippen molar-refractivity contribution in [3.63, 3.8) is 0 Å². The average molecular weight is 272 g/mol. The summed E-state index contributed by atoms with van der Waals surface area (Å²) in [5.74, 6) is 5.87. The highest BCUT2D eigenvalue weighted by Gasteiger charge is 2.30. The van der Waals surface area contributed by atoms with E-state index < -0.39 is 0 Å². The van der Waals surface area contributed by atoms with Gasteiger partial charge in [-0.1, -0.05) is 30.0 Å². The Hall–Kier alpha value is -1.83. The van der Waals surface area contributed by atoms with E-state index in [0.717, 1.165) is 17.5 Å². The molecule has 1 heterocycles. The van der Waals surface area contributed by atoms with Crippen LogP contribution in [0, 0.1) is 17.8 Å². The second-order valence-corrected chi connectivity index (χ2v) is 4.85. The number of amides is 1. The van der Waals surface area contributed by atoms with Crippen LogP contribution >= 0.6 is 0 Å². The van der Waals surface area contributed by atoms with Crippen LogP contribution in [-0.2, 0) is 16.1 Å². The van der Waals surface area contributed by atoms with Crippen molar-refractivity contribution in [1.29, 1.82) is 0 Å². The largest absolute Gasteiger partial charge is 0.378 e. The average Bonchev–Trinajstić information content (AvgIpc) is 2.89. The molecule has 0 aliphatic carbocycles. The fraction of sp³-hybridized carbons (Fsp3) is 0.438. The second kappa shape index (κ2) is 7.09. The summed E-state index contributed by atoms with van der Waals surface area (Å²) in [4.78, 5) is 12.1. The van der Waals surface area contributed by atoms with E-state index in [2.05, 4.69) is 17.2 Å². The van der Waals surface area contributed by atoms with E-state index in [-0.39, 0.29) is 17.9 Å². The molecule has 1 saturated heterocycles. The second-order valence-electron chi connectivity index (χ2n) is 4.85. The summed E-state index contributed by atoms with van der Waals surface area (Å²) in [5.41, 5.74) is 7.31. The first-order valence-electron chi connectivity index (χ1n) is 6.88. The van der Waals surface area contributed by atoms with Gasteiger partial charge in [0.1, 0.15) is 0 Å². The lowest BCUT2D eigenvalue weighted by molar-refractivity contribution is -0.126. The molecular formula is C16H20N2O2. The lowest BCUT2D eigenvalue weighted by Crippen LogP contribution is -2.33. The number of nitrogens with one attached hydrogen (secondary N) is 1. The third-order valence-corrected chi connectivity index (χ3v) is 3.51. The van der Waals surface area contributed by atoms with E-state index in [9.17, 15) is 4.79 Å². The fourth-order valence-electron chi connectivity index (χ4n) is 2.33. The van der Waals surface area contributed by atoms with Crippen LogP contribution in [0.2, 0.25) is 0 Å². The highest BCUT2D eigenvalue weighted by atomic mass is 16.5. The van der Waals surface area contributed by atoms with Crippen molar-refractivity contribution < 1.29 is 9.53 Å². The smallest absolute Gasteiger partial charge is 0.226 e. The van der Waals surface area contributed by atoms with Gasteiger partial charge in [0.2, 0.25) is 5.91 Å². The SMILES string of the molecule is CC1OCCC1C(=O)NCc1ccccc1C#CCN. The van der Waals surface area contributed by atoms with Crippen LogP contribution < -0.4 is 11.1 Å². The molecule has 2 atom stereocenters. The number of nitrogens with two attached hydrogens (primary N) is 1. The van der Waals surface area contributed by atoms with Crippen LogP contribution in [0.5, 0.6) is 0 Å². The van der Waals surface area contributed by atoms with Crippen molar-refractivity contribution in [2.24, 2.45) is 11.7 Å². The van der Waals surface area contributed by atoms with Gasteiger partial charge in [0, 0.05) is 18.7 Å². The first-order valence-corrected chi connectivity index (χ1v) is 6.88. The Balaban J connectivity index is 1.98. The third kappa shape index (κ3) is 3.60. The van der Waals surface area contributed by atoms with Crippen LogP contribution in [0.3, 0.4) is 0 Å². The molecule has 1 aliphatic heterocycles. The molecule has 0 aromatic heterocycles. The maximum Gasteiger partial charge on any atom is 0.226 e. The quantitative estimate of drug-likeness (QED) is 0.808. The third-order valence-electron chi connectivity index (χ3n) is 3.51. The minimum Gasteiger partial charge on any atom is -0.378 e. The predicted molar refractivity (Wildman–Crippen MR) is 77.7 cm³/mol. The summed E-state index contributed by atoms with van der Waals surface area (Å²) in [6.45, 7) is 3.42. The first kappa shape index (κ1) is 14.6. The molecule has 2 rings (SSSR count). The Bertz CT molecular complexity index is 531. The van der Waals surface area contributed by atoms with Crippen LogP contribution in [0.4, 0.5) is 0 Å². The zero-order valence-corrected chi connectivity index (χ0v) is 11.7. The number of hydrogen-bond donors (Lipinski definition) is 2. The highest BCUT2D eigenvalue weighted by Crippen LogP contribution is 2.20. The normalized spacial score (nSPS) is 21.1. The molecule has 4 nitrogen and oxygen atoms in total. The van der Waals surface area contributed by atoms with Gasteiger partial charge in [0.15, 0.2) is 0 Å². The molecule has 0 spiro atoms. The maximum atomic E-state index is 12.1. The predicted octanol–water partition coefficient (Wildman–Crippen LogP) is 1.04. The van der Waals surface area contributed by atoms with Gasteiger partial charge in [-0.3, -0.25) is 4.79 Å². The lowest BCUT2D eigenvalue weighted by Gasteiger charge is -2.14. The molecule has 0 bridgehead atoms. The summed E-state index contributed by atoms with van der Waals surface area (Å²) < 4.78 is 5.42. The highest BCUT2D eigenvalue weighted by molar-refractivity contribution is 5.79. The monoisotopic (exact) mass is 272 g/mol. The molecule has 2 unspecified atom stereocenters. The van der Waals surface area contributed by atoms with Crippen molar-refractivity contribution >= 4 is 5.91 Å². The molecule has 1 fully saturated rings. The van der Waals surface area contributed by atoms with Crippen LogP contribution in [-0.4, -0.2) is 25.2 Å². The number of benzene rings is 1. The molecule has 1 aliphatic rings. The minimum atomic E-state index is -0.0442. The summed E-state index contributed by atoms with van der Waals surface area (Å²) in [5, 5.41) is 2.97. The number of rotatable bonds is 3. The molecular weight excluding hydrogens is 252 g/mol. The van der Waals surface area contributed by atoms with E-state index in [1.165, 1.54) is 0 Å². The summed E-state index contributed by atoms with van der Waals surface area (Å²) in [6, 6.07) is 7.77. The van der Waals surface area contributed by atoms with Crippen molar-refractivity contribution in [3.8, 4) is 11.8 Å². The van der Waals surface area contributed by atoms with Gasteiger partial charge >= 0.3 is 0 Å². The number of ether oxygens (including phenoxy) is 1. The Labute approximate surface area is 119 Å². The zero-order valence-electron chi connectivity index (χ0n) is 11.7. The van der Waals surface area contributed by atoms with Crippen LogP contribution in [0.1, 0.15) is 24.5 Å². The van der Waals surface area contributed by atoms with E-state index in [1.807, 2.05) is 31.2 Å². The van der Waals surface area contributed by atoms with Gasteiger partial charge in [-0.15, -0.1) is 0 Å². The number of carbonyl (C=O) groups excluding carboxylic acids is 1. The summed E-state index contributed by atoms with van der Waals surface area (Å²) in [7, 11) is 0. The Morgan fingerprint density at radius 3 is 3.00 bits per heavy atom. The van der Waals surface area contributed by atoms with Crippen molar-refractivity contribution in [3.05, 3.63) is 35.4 Å². The fourth-order valence-corrected chi connectivity index (χ4v) is 2.33. The zero-order chi connectivity index (χ0) is 14.4. The van der Waals surface area contributed by atoms with E-state index >= 15 is 0 Å². The molecule has 0 saturated carbocycles. The van der Waals surface area contributed by atoms with Crippen LogP contribution in [0.15, 0.2) is 24.3 Å². The van der Waals surface area contributed by atoms with Gasteiger partial charge in [-0.2, -0.15) is 0 Å². The molecule has 3 N–H and O–H groups in total. The number of carbonyl (C=O) groups is 1. The molecule has 1 aromatic carbocycles. The molecule has 1 aromatic rings. The topological polar surface area (TPSA) is 64.3 Å².